The van der Waals surface area contributed by atoms with Gasteiger partial charge in [-0.25, -0.2) is 4.39 Å². The summed E-state index contributed by atoms with van der Waals surface area (Å²) in [5, 5.41) is 0. The number of hydrogen-bond donors (Lipinski definition) is 0. The maximum atomic E-state index is 13.5. The summed E-state index contributed by atoms with van der Waals surface area (Å²) in [7, 11) is 1.27. The van der Waals surface area contributed by atoms with Crippen LogP contribution >= 0.6 is 15.9 Å². The van der Waals surface area contributed by atoms with Crippen molar-refractivity contribution in [1.82, 2.24) is 0 Å². The lowest BCUT2D eigenvalue weighted by molar-refractivity contribution is -0.108. The average molecular weight is 293 g/mol. The Hall–Kier alpha value is -0.970. The minimum atomic E-state index is -1.04. The number of carbonyl (C=O) groups is 1. The monoisotopic (exact) mass is 292 g/mol. The standard InChI is InChI=1S/C11H11BrF2O2/c1-6(3-4-15)7-5-8(12)9(13)10(14)11(7)16-2/h4-6H,3H2,1-2H3. The molecule has 0 aliphatic heterocycles. The summed E-state index contributed by atoms with van der Waals surface area (Å²) >= 11 is 2.92. The zero-order chi connectivity index (χ0) is 12.3. The quantitative estimate of drug-likeness (QED) is 0.628. The summed E-state index contributed by atoms with van der Waals surface area (Å²) in [6, 6.07) is 1.44. The molecule has 2 nitrogen and oxygen atoms in total. The van der Waals surface area contributed by atoms with Crippen LogP contribution in [0.15, 0.2) is 10.5 Å². The van der Waals surface area contributed by atoms with Crippen LogP contribution < -0.4 is 4.74 Å². The summed E-state index contributed by atoms with van der Waals surface area (Å²) in [4.78, 5) is 10.4. The van der Waals surface area contributed by atoms with E-state index in [0.717, 1.165) is 6.29 Å². The third kappa shape index (κ3) is 2.40. The van der Waals surface area contributed by atoms with Crippen molar-refractivity contribution in [3.8, 4) is 5.75 Å². The van der Waals surface area contributed by atoms with Crippen LogP contribution in [0.2, 0.25) is 0 Å². The van der Waals surface area contributed by atoms with Crippen LogP contribution in [0, 0.1) is 11.6 Å². The minimum Gasteiger partial charge on any atom is -0.493 e. The molecule has 0 amide bonds. The van der Waals surface area contributed by atoms with Gasteiger partial charge in [0.25, 0.3) is 0 Å². The minimum absolute atomic E-state index is 0.0264. The van der Waals surface area contributed by atoms with Crippen LogP contribution in [0.25, 0.3) is 0 Å². The van der Waals surface area contributed by atoms with E-state index in [1.807, 2.05) is 0 Å². The van der Waals surface area contributed by atoms with Crippen molar-refractivity contribution in [2.45, 2.75) is 19.3 Å². The molecule has 0 saturated heterocycles. The van der Waals surface area contributed by atoms with E-state index in [0.29, 0.717) is 5.56 Å². The van der Waals surface area contributed by atoms with E-state index >= 15 is 0 Å². The van der Waals surface area contributed by atoms with Crippen LogP contribution in [0.1, 0.15) is 24.8 Å². The smallest absolute Gasteiger partial charge is 0.202 e. The molecular weight excluding hydrogens is 282 g/mol. The second-order valence-electron chi connectivity index (χ2n) is 3.41. The van der Waals surface area contributed by atoms with Crippen LogP contribution in [-0.2, 0) is 4.79 Å². The first-order chi connectivity index (χ1) is 7.52. The molecule has 16 heavy (non-hydrogen) atoms. The highest BCUT2D eigenvalue weighted by Crippen LogP contribution is 2.35. The number of rotatable bonds is 4. The fourth-order valence-corrected chi connectivity index (χ4v) is 1.86. The van der Waals surface area contributed by atoms with Crippen LogP contribution in [0.5, 0.6) is 5.75 Å². The number of ether oxygens (including phenoxy) is 1. The number of halogens is 3. The molecule has 0 spiro atoms. The lowest BCUT2D eigenvalue weighted by Crippen LogP contribution is -2.03. The van der Waals surface area contributed by atoms with Crippen molar-refractivity contribution in [3.63, 3.8) is 0 Å². The van der Waals surface area contributed by atoms with Gasteiger partial charge in [-0.1, -0.05) is 6.92 Å². The van der Waals surface area contributed by atoms with E-state index < -0.39 is 11.6 Å². The molecule has 5 heteroatoms. The van der Waals surface area contributed by atoms with Gasteiger partial charge in [-0.05, 0) is 27.9 Å². The normalized spacial score (nSPS) is 12.3. The van der Waals surface area contributed by atoms with Crippen LogP contribution in [0.4, 0.5) is 8.78 Å². The van der Waals surface area contributed by atoms with Gasteiger partial charge < -0.3 is 9.53 Å². The number of carbonyl (C=O) groups excluding carboxylic acids is 1. The van der Waals surface area contributed by atoms with Gasteiger partial charge in [0, 0.05) is 12.0 Å². The van der Waals surface area contributed by atoms with E-state index in [9.17, 15) is 13.6 Å². The number of methoxy groups -OCH3 is 1. The molecule has 88 valence electrons. The molecule has 0 saturated carbocycles. The molecule has 1 aromatic rings. The first-order valence-corrected chi connectivity index (χ1v) is 5.47. The maximum absolute atomic E-state index is 13.5. The topological polar surface area (TPSA) is 26.3 Å². The first kappa shape index (κ1) is 13.1. The van der Waals surface area contributed by atoms with E-state index in [4.69, 9.17) is 4.74 Å². The second kappa shape index (κ2) is 5.39. The number of benzene rings is 1. The lowest BCUT2D eigenvalue weighted by atomic mass is 9.97. The highest BCUT2D eigenvalue weighted by atomic mass is 79.9. The van der Waals surface area contributed by atoms with Gasteiger partial charge in [-0.15, -0.1) is 0 Å². The molecule has 1 aromatic carbocycles. The maximum Gasteiger partial charge on any atom is 0.202 e. The van der Waals surface area contributed by atoms with Crippen LogP contribution in [0.3, 0.4) is 0 Å². The summed E-state index contributed by atoms with van der Waals surface area (Å²) in [5.74, 6) is -2.39. The molecule has 1 rings (SSSR count). The number of hydrogen-bond acceptors (Lipinski definition) is 2. The Morgan fingerprint density at radius 2 is 2.12 bits per heavy atom. The Labute approximate surface area is 101 Å². The summed E-state index contributed by atoms with van der Waals surface area (Å²) in [6.07, 6.45) is 0.965. The van der Waals surface area contributed by atoms with Crippen molar-refractivity contribution in [2.75, 3.05) is 7.11 Å². The predicted molar refractivity (Wildman–Crippen MR) is 59.7 cm³/mol. The highest BCUT2D eigenvalue weighted by Gasteiger charge is 2.21. The largest absolute Gasteiger partial charge is 0.493 e. The average Bonchev–Trinajstić information content (AvgIpc) is 2.26. The Morgan fingerprint density at radius 3 is 2.62 bits per heavy atom. The fourth-order valence-electron chi connectivity index (χ4n) is 1.44. The second-order valence-corrected chi connectivity index (χ2v) is 4.27. The van der Waals surface area contributed by atoms with Crippen molar-refractivity contribution in [3.05, 3.63) is 27.7 Å². The summed E-state index contributed by atoms with van der Waals surface area (Å²) < 4.78 is 31.6. The molecule has 0 N–H and O–H groups in total. The van der Waals surface area contributed by atoms with Gasteiger partial charge >= 0.3 is 0 Å². The fraction of sp³-hybridized carbons (Fsp3) is 0.364. The SMILES string of the molecule is COc1c(C(C)CC=O)cc(Br)c(F)c1F. The molecular formula is C11H11BrF2O2. The Bertz CT molecular complexity index is 407. The van der Waals surface area contributed by atoms with Gasteiger partial charge in [0.1, 0.15) is 6.29 Å². The summed E-state index contributed by atoms with van der Waals surface area (Å²) in [5.41, 5.74) is 0.473. The first-order valence-electron chi connectivity index (χ1n) is 4.67. The van der Waals surface area contributed by atoms with Gasteiger partial charge in [0.2, 0.25) is 5.82 Å². The van der Waals surface area contributed by atoms with E-state index in [1.165, 1.54) is 13.2 Å². The summed E-state index contributed by atoms with van der Waals surface area (Å²) in [6.45, 7) is 1.75. The van der Waals surface area contributed by atoms with Gasteiger partial charge in [0.15, 0.2) is 11.6 Å². The molecule has 0 aliphatic carbocycles. The van der Waals surface area contributed by atoms with Gasteiger partial charge in [-0.2, -0.15) is 4.39 Å². The zero-order valence-corrected chi connectivity index (χ0v) is 10.5. The Morgan fingerprint density at radius 1 is 1.50 bits per heavy atom. The van der Waals surface area contributed by atoms with Crippen molar-refractivity contribution >= 4 is 22.2 Å². The van der Waals surface area contributed by atoms with Crippen molar-refractivity contribution in [1.29, 1.82) is 0 Å². The zero-order valence-electron chi connectivity index (χ0n) is 8.89. The third-order valence-corrected chi connectivity index (χ3v) is 2.91. The lowest BCUT2D eigenvalue weighted by Gasteiger charge is -2.15. The molecule has 1 atom stereocenters. The van der Waals surface area contributed by atoms with Crippen LogP contribution in [-0.4, -0.2) is 13.4 Å². The Kier molecular flexibility index (Phi) is 4.41. The van der Waals surface area contributed by atoms with Gasteiger partial charge in [0.05, 0.1) is 11.6 Å². The highest BCUT2D eigenvalue weighted by molar-refractivity contribution is 9.10. The molecule has 0 heterocycles. The van der Waals surface area contributed by atoms with Gasteiger partial charge in [-0.3, -0.25) is 0 Å². The third-order valence-electron chi connectivity index (χ3n) is 2.33. The van der Waals surface area contributed by atoms with E-state index in [1.54, 1.807) is 6.92 Å². The Balaban J connectivity index is 3.32. The molecule has 0 bridgehead atoms. The number of aldehydes is 1. The molecule has 1 unspecified atom stereocenters. The van der Waals surface area contributed by atoms with Crippen molar-refractivity contribution in [2.24, 2.45) is 0 Å². The van der Waals surface area contributed by atoms with E-state index in [-0.39, 0.29) is 22.6 Å². The van der Waals surface area contributed by atoms with E-state index in [2.05, 4.69) is 15.9 Å². The molecule has 0 fully saturated rings. The molecule has 0 aliphatic rings. The molecule has 0 aromatic heterocycles. The van der Waals surface area contributed by atoms with Crippen molar-refractivity contribution < 1.29 is 18.3 Å². The predicted octanol–water partition coefficient (Wildman–Crippen LogP) is 3.43. The molecule has 0 radical (unpaired) electrons.